The smallest absolute Gasteiger partial charge is 0.0923 e. The molecule has 5 heteroatoms. The highest BCUT2D eigenvalue weighted by atomic mass is 32.2. The van der Waals surface area contributed by atoms with Gasteiger partial charge < -0.3 is 9.80 Å². The normalized spacial score (nSPS) is 23.8. The number of hydrogen-bond donors (Lipinski definition) is 1. The van der Waals surface area contributed by atoms with Crippen LogP contribution < -0.4 is 4.90 Å². The van der Waals surface area contributed by atoms with E-state index in [-0.39, 0.29) is 0 Å². The number of aromatic nitrogens is 2. The molecular formula is C24H28N4S. The molecule has 2 atom stereocenters. The summed E-state index contributed by atoms with van der Waals surface area (Å²) in [4.78, 5) is 6.99. The number of nitrogens with one attached hydrogen (secondary N) is 1. The van der Waals surface area contributed by atoms with E-state index in [1.807, 2.05) is 0 Å². The molecule has 150 valence electrons. The van der Waals surface area contributed by atoms with E-state index >= 15 is 0 Å². The third kappa shape index (κ3) is 3.06. The lowest BCUT2D eigenvalue weighted by Crippen LogP contribution is -2.46. The van der Waals surface area contributed by atoms with Crippen LogP contribution in [0.4, 0.5) is 5.69 Å². The lowest BCUT2D eigenvalue weighted by Gasteiger charge is -2.39. The van der Waals surface area contributed by atoms with E-state index in [0.29, 0.717) is 5.92 Å². The Morgan fingerprint density at radius 3 is 3.07 bits per heavy atom. The quantitative estimate of drug-likeness (QED) is 0.685. The fourth-order valence-electron chi connectivity index (χ4n) is 5.70. The number of benzene rings is 2. The van der Waals surface area contributed by atoms with Gasteiger partial charge in [0.2, 0.25) is 0 Å². The summed E-state index contributed by atoms with van der Waals surface area (Å²) in [5.41, 5.74) is 5.57. The highest BCUT2D eigenvalue weighted by molar-refractivity contribution is 7.99. The molecule has 4 nitrogen and oxygen atoms in total. The van der Waals surface area contributed by atoms with Crippen molar-refractivity contribution in [1.82, 2.24) is 15.1 Å². The van der Waals surface area contributed by atoms with E-state index in [2.05, 4.69) is 74.2 Å². The lowest BCUT2D eigenvalue weighted by molar-refractivity contribution is 0.191. The van der Waals surface area contributed by atoms with Crippen LogP contribution in [0, 0.1) is 0 Å². The summed E-state index contributed by atoms with van der Waals surface area (Å²) >= 11 is 2.06. The molecule has 3 aliphatic heterocycles. The van der Waals surface area contributed by atoms with Gasteiger partial charge in [-0.3, -0.25) is 5.10 Å². The fourth-order valence-corrected chi connectivity index (χ4v) is 6.74. The third-order valence-corrected chi connectivity index (χ3v) is 8.15. The van der Waals surface area contributed by atoms with Gasteiger partial charge in [0.05, 0.1) is 11.2 Å². The maximum absolute atomic E-state index is 4.45. The summed E-state index contributed by atoms with van der Waals surface area (Å²) in [7, 11) is 0. The number of fused-ring (bicyclic) bond motifs is 4. The average molecular weight is 405 g/mol. The topological polar surface area (TPSA) is 35.2 Å². The fraction of sp³-hybridized carbons (Fsp3) is 0.458. The van der Waals surface area contributed by atoms with E-state index in [9.17, 15) is 0 Å². The highest BCUT2D eigenvalue weighted by Crippen LogP contribution is 2.50. The van der Waals surface area contributed by atoms with Crippen molar-refractivity contribution < 1.29 is 0 Å². The zero-order chi connectivity index (χ0) is 19.2. The first-order chi connectivity index (χ1) is 14.4. The van der Waals surface area contributed by atoms with E-state index in [4.69, 9.17) is 0 Å². The number of thioether (sulfide) groups is 1. The van der Waals surface area contributed by atoms with Crippen molar-refractivity contribution in [3.05, 3.63) is 53.7 Å². The van der Waals surface area contributed by atoms with Crippen molar-refractivity contribution >= 4 is 28.4 Å². The monoisotopic (exact) mass is 404 g/mol. The number of anilines is 1. The van der Waals surface area contributed by atoms with Crippen molar-refractivity contribution in [2.75, 3.05) is 36.8 Å². The second-order valence-electron chi connectivity index (χ2n) is 8.68. The van der Waals surface area contributed by atoms with Crippen molar-refractivity contribution in [1.29, 1.82) is 0 Å². The van der Waals surface area contributed by atoms with Crippen molar-refractivity contribution in [3.63, 3.8) is 0 Å². The number of rotatable bonds is 4. The maximum Gasteiger partial charge on any atom is 0.0923 e. The van der Waals surface area contributed by atoms with Gasteiger partial charge >= 0.3 is 0 Å². The highest BCUT2D eigenvalue weighted by Gasteiger charge is 2.43. The Morgan fingerprint density at radius 2 is 2.07 bits per heavy atom. The minimum Gasteiger partial charge on any atom is -0.367 e. The second kappa shape index (κ2) is 7.37. The van der Waals surface area contributed by atoms with Gasteiger partial charge in [-0.15, -0.1) is 11.8 Å². The molecule has 0 unspecified atom stereocenters. The molecule has 0 bridgehead atoms. The Bertz CT molecular complexity index is 1030. The maximum atomic E-state index is 4.45. The Kier molecular flexibility index (Phi) is 4.53. The first-order valence-corrected chi connectivity index (χ1v) is 12.0. The van der Waals surface area contributed by atoms with Gasteiger partial charge in [0, 0.05) is 47.6 Å². The minimum absolute atomic E-state index is 0.686. The summed E-state index contributed by atoms with van der Waals surface area (Å²) in [6.45, 7) is 4.87. The van der Waals surface area contributed by atoms with E-state index in [1.54, 1.807) is 11.3 Å². The largest absolute Gasteiger partial charge is 0.367 e. The molecule has 4 heterocycles. The van der Waals surface area contributed by atoms with Crippen LogP contribution in [0.15, 0.2) is 47.4 Å². The number of likely N-dealkylation sites (tertiary alicyclic amines) is 1. The van der Waals surface area contributed by atoms with Crippen LogP contribution in [-0.4, -0.2) is 53.1 Å². The summed E-state index contributed by atoms with van der Waals surface area (Å²) in [5.74, 6) is 1.95. The van der Waals surface area contributed by atoms with Crippen molar-refractivity contribution in [2.45, 2.75) is 42.5 Å². The van der Waals surface area contributed by atoms with E-state index in [1.165, 1.54) is 67.2 Å². The molecule has 2 aromatic carbocycles. The number of H-pyrrole nitrogens is 1. The molecule has 6 rings (SSSR count). The van der Waals surface area contributed by atoms with Crippen molar-refractivity contribution in [2.24, 2.45) is 0 Å². The third-order valence-electron chi connectivity index (χ3n) is 7.02. The molecule has 3 aliphatic rings. The number of aromatic amines is 1. The van der Waals surface area contributed by atoms with E-state index < -0.39 is 0 Å². The van der Waals surface area contributed by atoms with Crippen LogP contribution in [0.5, 0.6) is 0 Å². The van der Waals surface area contributed by atoms with Crippen LogP contribution in [0.2, 0.25) is 0 Å². The van der Waals surface area contributed by atoms with Crippen molar-refractivity contribution in [3.8, 4) is 0 Å². The van der Waals surface area contributed by atoms with Gasteiger partial charge in [-0.05, 0) is 55.7 Å². The van der Waals surface area contributed by atoms with Gasteiger partial charge in [-0.25, -0.2) is 0 Å². The summed E-state index contributed by atoms with van der Waals surface area (Å²) in [5, 5.41) is 8.99. The van der Waals surface area contributed by atoms with Gasteiger partial charge in [0.15, 0.2) is 0 Å². The van der Waals surface area contributed by atoms with Crippen LogP contribution in [0.25, 0.3) is 10.9 Å². The van der Waals surface area contributed by atoms with Gasteiger partial charge in [0.25, 0.3) is 0 Å². The van der Waals surface area contributed by atoms with Crippen LogP contribution in [0.3, 0.4) is 0 Å². The molecule has 1 aromatic heterocycles. The number of hydrogen-bond acceptors (Lipinski definition) is 4. The molecule has 3 aromatic rings. The van der Waals surface area contributed by atoms with Gasteiger partial charge in [-0.1, -0.05) is 30.3 Å². The Balaban J connectivity index is 1.15. The molecule has 0 radical (unpaired) electrons. The standard InChI is InChI=1S/C24H28N4S/c1-2-8-20-18(6-1)21(26-25-20)9-4-12-27-14-11-22-19(16-27)17-7-3-10-23-24(17)28(22)13-5-15-29-23/h1-3,6-8,10,19,22H,4-5,9,11-16H2,(H,25,26)/t19-,22-/m0/s1. The molecule has 0 spiro atoms. The van der Waals surface area contributed by atoms with Crippen LogP contribution >= 0.6 is 11.8 Å². The first kappa shape index (κ1) is 17.8. The average Bonchev–Trinajstić information content (AvgIpc) is 3.22. The molecule has 1 saturated heterocycles. The summed E-state index contributed by atoms with van der Waals surface area (Å²) < 4.78 is 0. The van der Waals surface area contributed by atoms with Crippen LogP contribution in [0.1, 0.15) is 36.4 Å². The minimum atomic E-state index is 0.686. The van der Waals surface area contributed by atoms with Gasteiger partial charge in [-0.2, -0.15) is 5.10 Å². The first-order valence-electron chi connectivity index (χ1n) is 11.1. The molecule has 0 aliphatic carbocycles. The molecule has 29 heavy (non-hydrogen) atoms. The zero-order valence-electron chi connectivity index (χ0n) is 16.8. The number of aryl methyl sites for hydroxylation is 1. The molecule has 0 amide bonds. The Morgan fingerprint density at radius 1 is 1.10 bits per heavy atom. The number of nitrogens with zero attached hydrogens (tertiary/aromatic N) is 3. The predicted molar refractivity (Wildman–Crippen MR) is 121 cm³/mol. The number of piperidine rings is 1. The molecule has 0 saturated carbocycles. The lowest BCUT2D eigenvalue weighted by atomic mass is 9.89. The second-order valence-corrected chi connectivity index (χ2v) is 9.81. The summed E-state index contributed by atoms with van der Waals surface area (Å²) in [6.07, 6.45) is 4.88. The number of para-hydroxylation sites is 2. The molecule has 1 N–H and O–H groups in total. The van der Waals surface area contributed by atoms with Gasteiger partial charge in [0.1, 0.15) is 0 Å². The summed E-state index contributed by atoms with van der Waals surface area (Å²) in [6, 6.07) is 16.2. The SMILES string of the molecule is c1cc2c3c(c1)[C@@H]1CN(CCCc4[nH]nc5ccccc45)CC[C@@H]1N3CCCS2. The van der Waals surface area contributed by atoms with E-state index in [0.717, 1.165) is 18.0 Å². The molecule has 1 fully saturated rings. The zero-order valence-corrected chi connectivity index (χ0v) is 17.6. The predicted octanol–water partition coefficient (Wildman–Crippen LogP) is 4.67. The van der Waals surface area contributed by atoms with Crippen LogP contribution in [-0.2, 0) is 6.42 Å². The molecular weight excluding hydrogens is 376 g/mol. The Labute approximate surface area is 176 Å². The Hall–Kier alpha value is -1.98.